The number of likely N-dealkylation sites (tertiary alicyclic amines) is 1. The van der Waals surface area contributed by atoms with E-state index in [-0.39, 0.29) is 11.3 Å². The molecule has 0 aliphatic carbocycles. The Morgan fingerprint density at radius 1 is 1.37 bits per heavy atom. The zero-order valence-electron chi connectivity index (χ0n) is 16.6. The monoisotopic (exact) mass is 391 g/mol. The lowest BCUT2D eigenvalue weighted by Crippen LogP contribution is -2.43. The number of hydrogen-bond acceptors (Lipinski definition) is 3. The highest BCUT2D eigenvalue weighted by Crippen LogP contribution is 2.46. The van der Waals surface area contributed by atoms with Gasteiger partial charge in [0.25, 0.3) is 0 Å². The predicted molar refractivity (Wildman–Crippen MR) is 109 cm³/mol. The number of benzene rings is 1. The summed E-state index contributed by atoms with van der Waals surface area (Å²) in [6, 6.07) is 3.68. The third-order valence-electron chi connectivity index (χ3n) is 6.03. The number of rotatable bonds is 5. The number of nitrogens with one attached hydrogen (secondary N) is 1. The normalized spacial score (nSPS) is 17.7. The minimum Gasteiger partial charge on any atom is -0.388 e. The molecule has 1 fully saturated rings. The summed E-state index contributed by atoms with van der Waals surface area (Å²) in [6.45, 7) is 9.90. The fourth-order valence-electron chi connectivity index (χ4n) is 4.24. The van der Waals surface area contributed by atoms with Crippen LogP contribution in [0.25, 0.3) is 10.9 Å². The average Bonchev–Trinajstić information content (AvgIpc) is 3.08. The Bertz CT molecular complexity index is 807. The summed E-state index contributed by atoms with van der Waals surface area (Å²) in [4.78, 5) is 14.3. The van der Waals surface area contributed by atoms with E-state index in [4.69, 9.17) is 11.6 Å². The minimum atomic E-state index is -0.665. The van der Waals surface area contributed by atoms with E-state index >= 15 is 0 Å². The lowest BCUT2D eigenvalue weighted by Gasteiger charge is -2.43. The first-order chi connectivity index (χ1) is 12.7. The Morgan fingerprint density at radius 3 is 2.67 bits per heavy atom. The minimum absolute atomic E-state index is 0.246. The highest BCUT2D eigenvalue weighted by molar-refractivity contribution is 6.31. The SMILES string of the molecule is CC(C)CC(=O)N1CCC(C(C)(C)C(O)c2cc(Cl)cc3cn[nH]c23)CC1. The summed E-state index contributed by atoms with van der Waals surface area (Å²) in [5.74, 6) is 0.955. The van der Waals surface area contributed by atoms with Crippen molar-refractivity contribution in [3.63, 3.8) is 0 Å². The van der Waals surface area contributed by atoms with Crippen LogP contribution in [0.1, 0.15) is 58.6 Å². The number of aromatic nitrogens is 2. The van der Waals surface area contributed by atoms with Crippen molar-refractivity contribution in [1.29, 1.82) is 0 Å². The number of amides is 1. The first-order valence-corrected chi connectivity index (χ1v) is 10.2. The summed E-state index contributed by atoms with van der Waals surface area (Å²) in [5, 5.41) is 19.8. The number of H-pyrrole nitrogens is 1. The summed E-state index contributed by atoms with van der Waals surface area (Å²) < 4.78 is 0. The van der Waals surface area contributed by atoms with Gasteiger partial charge in [0.15, 0.2) is 0 Å². The molecule has 1 unspecified atom stereocenters. The van der Waals surface area contributed by atoms with Gasteiger partial charge in [-0.05, 0) is 42.2 Å². The molecule has 1 aromatic carbocycles. The number of halogens is 1. The van der Waals surface area contributed by atoms with Crippen molar-refractivity contribution in [2.45, 2.75) is 53.1 Å². The molecule has 0 spiro atoms. The zero-order chi connectivity index (χ0) is 19.8. The smallest absolute Gasteiger partial charge is 0.222 e. The number of hydrogen-bond donors (Lipinski definition) is 2. The fraction of sp³-hybridized carbons (Fsp3) is 0.619. The van der Waals surface area contributed by atoms with Crippen molar-refractivity contribution >= 4 is 28.4 Å². The molecule has 0 bridgehead atoms. The largest absolute Gasteiger partial charge is 0.388 e. The van der Waals surface area contributed by atoms with Crippen molar-refractivity contribution in [2.75, 3.05) is 13.1 Å². The lowest BCUT2D eigenvalue weighted by molar-refractivity contribution is -0.134. The molecule has 1 atom stereocenters. The molecular weight excluding hydrogens is 362 g/mol. The molecule has 3 rings (SSSR count). The number of aliphatic hydroxyl groups excluding tert-OH is 1. The molecule has 1 aliphatic rings. The number of nitrogens with zero attached hydrogens (tertiary/aromatic N) is 2. The van der Waals surface area contributed by atoms with Crippen LogP contribution in [-0.4, -0.2) is 39.2 Å². The maximum atomic E-state index is 12.3. The summed E-state index contributed by atoms with van der Waals surface area (Å²) >= 11 is 6.26. The first-order valence-electron chi connectivity index (χ1n) is 9.78. The van der Waals surface area contributed by atoms with Crippen LogP contribution in [0.15, 0.2) is 18.3 Å². The molecule has 2 N–H and O–H groups in total. The summed E-state index contributed by atoms with van der Waals surface area (Å²) in [5.41, 5.74) is 1.29. The molecule has 6 heteroatoms. The van der Waals surface area contributed by atoms with Gasteiger partial charge in [-0.2, -0.15) is 5.10 Å². The lowest BCUT2D eigenvalue weighted by atomic mass is 9.68. The Labute approximate surface area is 166 Å². The second-order valence-corrected chi connectivity index (χ2v) is 9.24. The molecule has 1 aliphatic heterocycles. The van der Waals surface area contributed by atoms with Gasteiger partial charge < -0.3 is 10.0 Å². The number of carbonyl (C=O) groups excluding carboxylic acids is 1. The third kappa shape index (κ3) is 4.14. The van der Waals surface area contributed by atoms with Crippen LogP contribution in [0.4, 0.5) is 0 Å². The molecule has 148 valence electrons. The van der Waals surface area contributed by atoms with Crippen LogP contribution >= 0.6 is 11.6 Å². The van der Waals surface area contributed by atoms with Crippen LogP contribution in [0.5, 0.6) is 0 Å². The number of piperidine rings is 1. The topological polar surface area (TPSA) is 69.2 Å². The number of aromatic amines is 1. The predicted octanol–water partition coefficient (Wildman–Crippen LogP) is 4.56. The van der Waals surface area contributed by atoms with Gasteiger partial charge in [-0.1, -0.05) is 39.3 Å². The van der Waals surface area contributed by atoms with Crippen LogP contribution in [0, 0.1) is 17.3 Å². The van der Waals surface area contributed by atoms with Crippen LogP contribution < -0.4 is 0 Å². The molecule has 0 saturated carbocycles. The molecule has 5 nitrogen and oxygen atoms in total. The molecule has 1 saturated heterocycles. The highest BCUT2D eigenvalue weighted by atomic mass is 35.5. The second-order valence-electron chi connectivity index (χ2n) is 8.81. The van der Waals surface area contributed by atoms with Crippen molar-refractivity contribution in [1.82, 2.24) is 15.1 Å². The molecule has 0 radical (unpaired) electrons. The van der Waals surface area contributed by atoms with Gasteiger partial charge in [-0.15, -0.1) is 0 Å². The average molecular weight is 392 g/mol. The van der Waals surface area contributed by atoms with Gasteiger partial charge in [0, 0.05) is 35.5 Å². The summed E-state index contributed by atoms with van der Waals surface area (Å²) in [6.07, 6.45) is 3.48. The van der Waals surface area contributed by atoms with Gasteiger partial charge in [-0.3, -0.25) is 9.89 Å². The van der Waals surface area contributed by atoms with Gasteiger partial charge in [0.2, 0.25) is 5.91 Å². The van der Waals surface area contributed by atoms with Crippen LogP contribution in [-0.2, 0) is 4.79 Å². The van der Waals surface area contributed by atoms with E-state index < -0.39 is 6.10 Å². The van der Waals surface area contributed by atoms with Crippen molar-refractivity contribution < 1.29 is 9.90 Å². The maximum Gasteiger partial charge on any atom is 0.222 e. The number of fused-ring (bicyclic) bond motifs is 1. The first kappa shape index (κ1) is 20.2. The van der Waals surface area contributed by atoms with E-state index in [1.165, 1.54) is 0 Å². The van der Waals surface area contributed by atoms with Gasteiger partial charge >= 0.3 is 0 Å². The molecule has 1 amide bonds. The quantitative estimate of drug-likeness (QED) is 0.784. The van der Waals surface area contributed by atoms with E-state index in [9.17, 15) is 9.90 Å². The van der Waals surface area contributed by atoms with E-state index in [1.54, 1.807) is 6.20 Å². The maximum absolute atomic E-state index is 12.3. The van der Waals surface area contributed by atoms with Crippen molar-refractivity contribution in [2.24, 2.45) is 17.3 Å². The Morgan fingerprint density at radius 2 is 2.04 bits per heavy atom. The van der Waals surface area contributed by atoms with Gasteiger partial charge in [0.05, 0.1) is 17.8 Å². The van der Waals surface area contributed by atoms with E-state index in [2.05, 4.69) is 37.9 Å². The van der Waals surface area contributed by atoms with E-state index in [0.717, 1.165) is 42.4 Å². The Hall–Kier alpha value is -1.59. The molecule has 27 heavy (non-hydrogen) atoms. The number of aliphatic hydroxyl groups is 1. The molecule has 2 heterocycles. The molecule has 1 aromatic heterocycles. The fourth-order valence-corrected chi connectivity index (χ4v) is 4.47. The van der Waals surface area contributed by atoms with Crippen LogP contribution in [0.3, 0.4) is 0 Å². The highest BCUT2D eigenvalue weighted by Gasteiger charge is 2.40. The second kappa shape index (κ2) is 7.80. The van der Waals surface area contributed by atoms with E-state index in [0.29, 0.717) is 23.3 Å². The molecular formula is C21H30ClN3O2. The summed E-state index contributed by atoms with van der Waals surface area (Å²) in [7, 11) is 0. The standard InChI is InChI=1S/C21H30ClN3O2/c1-13(2)9-18(26)25-7-5-15(6-8-25)21(3,4)20(27)17-11-16(22)10-14-12-23-24-19(14)17/h10-13,15,20,27H,5-9H2,1-4H3,(H,23,24). The van der Waals surface area contributed by atoms with Crippen molar-refractivity contribution in [3.8, 4) is 0 Å². The molecule has 2 aromatic rings. The third-order valence-corrected chi connectivity index (χ3v) is 6.24. The van der Waals surface area contributed by atoms with Gasteiger partial charge in [-0.25, -0.2) is 0 Å². The number of carbonyl (C=O) groups is 1. The van der Waals surface area contributed by atoms with E-state index in [1.807, 2.05) is 17.0 Å². The van der Waals surface area contributed by atoms with Crippen molar-refractivity contribution in [3.05, 3.63) is 28.9 Å². The zero-order valence-corrected chi connectivity index (χ0v) is 17.4. The Kier molecular flexibility index (Phi) is 5.82. The Balaban J connectivity index is 1.74. The van der Waals surface area contributed by atoms with Crippen LogP contribution in [0.2, 0.25) is 5.02 Å². The van der Waals surface area contributed by atoms with Gasteiger partial charge in [0.1, 0.15) is 0 Å².